The normalized spacial score (nSPS) is 17.0. The summed E-state index contributed by atoms with van der Waals surface area (Å²) in [4.78, 5) is 21.0. The third-order valence-electron chi connectivity index (χ3n) is 2.64. The quantitative estimate of drug-likeness (QED) is 0.539. The van der Waals surface area contributed by atoms with Gasteiger partial charge in [-0.25, -0.2) is 0 Å². The van der Waals surface area contributed by atoms with Crippen LogP contribution in [-0.2, 0) is 31.6 Å². The summed E-state index contributed by atoms with van der Waals surface area (Å²) >= 11 is 0. The third kappa shape index (κ3) is 2.44. The molecule has 0 amide bonds. The van der Waals surface area contributed by atoms with E-state index < -0.39 is 16.8 Å². The van der Waals surface area contributed by atoms with Crippen molar-refractivity contribution in [2.75, 3.05) is 6.61 Å². The number of benzene rings is 1. The Morgan fingerprint density at radius 2 is 2.17 bits per heavy atom. The topological polar surface area (TPSA) is 110 Å². The number of carboxylic acids is 1. The van der Waals surface area contributed by atoms with Gasteiger partial charge >= 0.3 is 5.97 Å². The van der Waals surface area contributed by atoms with Gasteiger partial charge in [-0.15, -0.1) is 0 Å². The second-order valence-corrected chi connectivity index (χ2v) is 3.72. The zero-order valence-electron chi connectivity index (χ0n) is 9.00. The van der Waals surface area contributed by atoms with E-state index in [1.807, 2.05) is 0 Å². The van der Waals surface area contributed by atoms with Crippen molar-refractivity contribution in [2.24, 2.45) is 5.92 Å². The summed E-state index contributed by atoms with van der Waals surface area (Å²) in [6.45, 7) is -0.100. The molecule has 1 aromatic rings. The predicted octanol–water partition coefficient (Wildman–Crippen LogP) is 0.934. The van der Waals surface area contributed by atoms with Crippen LogP contribution in [0, 0.1) is 16.0 Å². The first kappa shape index (κ1) is 14.4. The van der Waals surface area contributed by atoms with Gasteiger partial charge in [-0.1, -0.05) is 0 Å². The molecule has 0 aromatic heterocycles. The Hall–Kier alpha value is -1.65. The van der Waals surface area contributed by atoms with E-state index in [1.54, 1.807) is 0 Å². The average Bonchev–Trinajstić information content (AvgIpc) is 2.28. The summed E-state index contributed by atoms with van der Waals surface area (Å²) in [7, 11) is 0. The molecule has 1 atom stereocenters. The Morgan fingerprint density at radius 1 is 1.50 bits per heavy atom. The SMILES string of the molecule is O=C(O)C1COc2c(O)ccc([N+](=O)[O-])c2C1.[Re]. The zero-order valence-corrected chi connectivity index (χ0v) is 11.7. The Balaban J connectivity index is 0.00000162. The number of phenols is 1. The monoisotopic (exact) mass is 426 g/mol. The molecule has 0 saturated heterocycles. The third-order valence-corrected chi connectivity index (χ3v) is 2.64. The van der Waals surface area contributed by atoms with Gasteiger partial charge in [0.25, 0.3) is 5.69 Å². The van der Waals surface area contributed by atoms with Crippen LogP contribution in [0.3, 0.4) is 0 Å². The van der Waals surface area contributed by atoms with Crippen LogP contribution in [0.5, 0.6) is 11.5 Å². The van der Waals surface area contributed by atoms with Gasteiger partial charge in [-0.2, -0.15) is 0 Å². The number of carboxylic acid groups (broad SMARTS) is 1. The molecule has 1 heterocycles. The molecule has 0 bridgehead atoms. The van der Waals surface area contributed by atoms with E-state index in [0.29, 0.717) is 0 Å². The van der Waals surface area contributed by atoms with Crippen LogP contribution >= 0.6 is 0 Å². The smallest absolute Gasteiger partial charge is 0.310 e. The number of hydrogen-bond acceptors (Lipinski definition) is 5. The number of nitrogens with zero attached hydrogens (tertiary/aromatic N) is 1. The molecule has 8 heteroatoms. The maximum absolute atomic E-state index is 10.8. The molecule has 2 N–H and O–H groups in total. The van der Waals surface area contributed by atoms with E-state index in [4.69, 9.17) is 9.84 Å². The Bertz CT molecular complexity index is 503. The molecule has 2 rings (SSSR count). The van der Waals surface area contributed by atoms with Crippen LogP contribution in [-0.4, -0.2) is 27.7 Å². The molecular weight excluding hydrogens is 416 g/mol. The summed E-state index contributed by atoms with van der Waals surface area (Å²) in [5.41, 5.74) is -0.0996. The minimum atomic E-state index is -1.08. The molecule has 18 heavy (non-hydrogen) atoms. The number of hydrogen-bond donors (Lipinski definition) is 2. The molecule has 1 aromatic carbocycles. The molecule has 1 radical (unpaired) electrons. The number of phenolic OH excluding ortho intramolecular Hbond substituents is 1. The van der Waals surface area contributed by atoms with Crippen molar-refractivity contribution < 1.29 is 45.1 Å². The molecule has 1 unspecified atom stereocenters. The standard InChI is InChI=1S/C10H9NO6.Re/c12-8-2-1-7(11(15)16)6-3-5(10(13)14)4-17-9(6)8;/h1-2,5,12H,3-4H2,(H,13,14);. The van der Waals surface area contributed by atoms with Crippen LogP contribution < -0.4 is 4.74 Å². The van der Waals surface area contributed by atoms with E-state index in [1.165, 1.54) is 0 Å². The Kier molecular flexibility index (Phi) is 4.27. The number of aliphatic carboxylic acids is 1. The molecule has 7 nitrogen and oxygen atoms in total. The fourth-order valence-corrected chi connectivity index (χ4v) is 1.78. The van der Waals surface area contributed by atoms with Crippen LogP contribution in [0.1, 0.15) is 5.56 Å². The summed E-state index contributed by atoms with van der Waals surface area (Å²) in [6.07, 6.45) is -0.0185. The molecule has 97 valence electrons. The minimum absolute atomic E-state index is 0. The van der Waals surface area contributed by atoms with E-state index >= 15 is 0 Å². The summed E-state index contributed by atoms with van der Waals surface area (Å²) < 4.78 is 5.08. The predicted molar refractivity (Wildman–Crippen MR) is 55.1 cm³/mol. The maximum atomic E-state index is 10.8. The molecular formula is C10H9NO6Re. The van der Waals surface area contributed by atoms with Gasteiger partial charge in [0.2, 0.25) is 0 Å². The van der Waals surface area contributed by atoms with Gasteiger partial charge in [-0.3, -0.25) is 14.9 Å². The van der Waals surface area contributed by atoms with Crippen molar-refractivity contribution in [3.05, 3.63) is 27.8 Å². The number of carbonyl (C=O) groups is 1. The van der Waals surface area contributed by atoms with Gasteiger partial charge < -0.3 is 14.9 Å². The van der Waals surface area contributed by atoms with Crippen molar-refractivity contribution >= 4 is 11.7 Å². The molecule has 1 aliphatic heterocycles. The minimum Gasteiger partial charge on any atom is -0.504 e. The fraction of sp³-hybridized carbons (Fsp3) is 0.300. The molecule has 0 fully saturated rings. The van der Waals surface area contributed by atoms with Crippen molar-refractivity contribution in [3.8, 4) is 11.5 Å². The van der Waals surface area contributed by atoms with Crippen molar-refractivity contribution in [2.45, 2.75) is 6.42 Å². The number of fused-ring (bicyclic) bond motifs is 1. The second kappa shape index (κ2) is 5.33. The summed E-state index contributed by atoms with van der Waals surface area (Å²) in [5, 5.41) is 29.1. The van der Waals surface area contributed by atoms with Crippen LogP contribution in [0.4, 0.5) is 5.69 Å². The number of nitro groups is 1. The Morgan fingerprint density at radius 3 is 2.72 bits per heavy atom. The summed E-state index contributed by atoms with van der Waals surface area (Å²) in [5.74, 6) is -2.11. The van der Waals surface area contributed by atoms with E-state index in [9.17, 15) is 20.0 Å². The number of rotatable bonds is 2. The molecule has 1 aliphatic rings. The number of nitro benzene ring substituents is 1. The summed E-state index contributed by atoms with van der Waals surface area (Å²) in [6, 6.07) is 2.31. The van der Waals surface area contributed by atoms with Gasteiger partial charge in [0.15, 0.2) is 11.5 Å². The van der Waals surface area contributed by atoms with Gasteiger partial charge in [-0.05, 0) is 12.5 Å². The maximum Gasteiger partial charge on any atom is 0.310 e. The van der Waals surface area contributed by atoms with Crippen molar-refractivity contribution in [1.82, 2.24) is 0 Å². The first-order chi connectivity index (χ1) is 8.00. The Labute approximate surface area is 115 Å². The average molecular weight is 425 g/mol. The van der Waals surface area contributed by atoms with Gasteiger partial charge in [0, 0.05) is 26.5 Å². The van der Waals surface area contributed by atoms with Crippen LogP contribution in [0.25, 0.3) is 0 Å². The van der Waals surface area contributed by atoms with Crippen molar-refractivity contribution in [1.29, 1.82) is 0 Å². The van der Waals surface area contributed by atoms with Crippen LogP contribution in [0.15, 0.2) is 12.1 Å². The largest absolute Gasteiger partial charge is 0.504 e. The van der Waals surface area contributed by atoms with E-state index in [2.05, 4.69) is 0 Å². The number of aromatic hydroxyl groups is 1. The first-order valence-corrected chi connectivity index (χ1v) is 4.85. The number of ether oxygens (including phenoxy) is 1. The van der Waals surface area contributed by atoms with Crippen LogP contribution in [0.2, 0.25) is 0 Å². The first-order valence-electron chi connectivity index (χ1n) is 4.85. The second-order valence-electron chi connectivity index (χ2n) is 3.72. The van der Waals surface area contributed by atoms with E-state index in [0.717, 1.165) is 12.1 Å². The molecule has 0 aliphatic carbocycles. The molecule has 0 saturated carbocycles. The van der Waals surface area contributed by atoms with Gasteiger partial charge in [0.1, 0.15) is 6.61 Å². The van der Waals surface area contributed by atoms with Gasteiger partial charge in [0.05, 0.1) is 16.4 Å². The fourth-order valence-electron chi connectivity index (χ4n) is 1.78. The van der Waals surface area contributed by atoms with Crippen molar-refractivity contribution in [3.63, 3.8) is 0 Å². The van der Waals surface area contributed by atoms with E-state index in [-0.39, 0.29) is 56.2 Å². The zero-order chi connectivity index (χ0) is 12.6. The molecule has 0 spiro atoms.